The van der Waals surface area contributed by atoms with Gasteiger partial charge in [0.15, 0.2) is 15.5 Å². The van der Waals surface area contributed by atoms with Gasteiger partial charge in [0.05, 0.1) is 23.7 Å². The monoisotopic (exact) mass is 400 g/mol. The lowest BCUT2D eigenvalue weighted by atomic mass is 9.85. The van der Waals surface area contributed by atoms with Crippen LogP contribution in [0.25, 0.3) is 11.1 Å². The second-order valence-electron chi connectivity index (χ2n) is 7.98. The second kappa shape index (κ2) is 8.13. The maximum atomic E-state index is 11.7. The van der Waals surface area contributed by atoms with Crippen LogP contribution in [-0.4, -0.2) is 46.6 Å². The molecule has 2 fully saturated rings. The van der Waals surface area contributed by atoms with Crippen LogP contribution in [0.1, 0.15) is 19.3 Å². The van der Waals surface area contributed by atoms with E-state index in [2.05, 4.69) is 58.0 Å². The van der Waals surface area contributed by atoms with E-state index in [0.29, 0.717) is 13.1 Å². The molecule has 5 nitrogen and oxygen atoms in total. The van der Waals surface area contributed by atoms with E-state index in [0.717, 1.165) is 22.9 Å². The molecule has 3 N–H and O–H groups in total. The molecule has 2 aromatic rings. The zero-order valence-corrected chi connectivity index (χ0v) is 17.3. The van der Waals surface area contributed by atoms with Crippen LogP contribution in [0, 0.1) is 5.92 Å². The van der Waals surface area contributed by atoms with Gasteiger partial charge in [0, 0.05) is 37.8 Å². The van der Waals surface area contributed by atoms with E-state index < -0.39 is 9.84 Å². The number of hydrogen-bond donors (Lipinski definition) is 2. The minimum absolute atomic E-state index is 0.243. The molecule has 0 amide bonds. The Morgan fingerprint density at radius 1 is 1.07 bits per heavy atom. The van der Waals surface area contributed by atoms with Crippen molar-refractivity contribution in [2.45, 2.75) is 19.3 Å². The summed E-state index contributed by atoms with van der Waals surface area (Å²) in [5.74, 6) is 1.36. The van der Waals surface area contributed by atoms with Crippen molar-refractivity contribution in [1.82, 2.24) is 0 Å². The number of benzene rings is 2. The molecule has 1 saturated heterocycles. The van der Waals surface area contributed by atoms with Gasteiger partial charge in [-0.2, -0.15) is 0 Å². The average molecular weight is 401 g/mol. The summed E-state index contributed by atoms with van der Waals surface area (Å²) in [5.41, 5.74) is 5.87. The SMILES string of the molecule is CNc1cc(-c2cccc(N3CCS(=O)(=O)CC3)c2)ccc1[NH2+]CC1CCC1. The van der Waals surface area contributed by atoms with Crippen molar-refractivity contribution >= 4 is 26.9 Å². The van der Waals surface area contributed by atoms with E-state index in [4.69, 9.17) is 0 Å². The molecule has 2 aromatic carbocycles. The van der Waals surface area contributed by atoms with Crippen LogP contribution in [0.15, 0.2) is 42.5 Å². The standard InChI is InChI=1S/C22H29N3O2S/c1-23-22-15-19(8-9-21(22)24-16-17-4-2-5-17)18-6-3-7-20(14-18)25-10-12-28(26,27)13-11-25/h3,6-9,14-15,17,23-24H,2,4-5,10-13,16H2,1H3/p+1. The largest absolute Gasteiger partial charge is 0.383 e. The Balaban J connectivity index is 1.52. The highest BCUT2D eigenvalue weighted by atomic mass is 32.2. The van der Waals surface area contributed by atoms with Crippen LogP contribution < -0.4 is 15.5 Å². The Morgan fingerprint density at radius 2 is 1.82 bits per heavy atom. The van der Waals surface area contributed by atoms with E-state index in [1.807, 2.05) is 7.05 Å². The Morgan fingerprint density at radius 3 is 2.50 bits per heavy atom. The number of nitrogens with one attached hydrogen (secondary N) is 1. The van der Waals surface area contributed by atoms with E-state index >= 15 is 0 Å². The molecule has 28 heavy (non-hydrogen) atoms. The fraction of sp³-hybridized carbons (Fsp3) is 0.455. The van der Waals surface area contributed by atoms with Gasteiger partial charge in [-0.3, -0.25) is 0 Å². The molecule has 0 spiro atoms. The summed E-state index contributed by atoms with van der Waals surface area (Å²) in [5, 5.41) is 5.71. The predicted molar refractivity (Wildman–Crippen MR) is 116 cm³/mol. The average Bonchev–Trinajstić information content (AvgIpc) is 2.67. The summed E-state index contributed by atoms with van der Waals surface area (Å²) < 4.78 is 23.4. The topological polar surface area (TPSA) is 66.0 Å². The third-order valence-corrected chi connectivity index (χ3v) is 7.72. The molecule has 1 saturated carbocycles. The van der Waals surface area contributed by atoms with Crippen LogP contribution in [0.3, 0.4) is 0 Å². The van der Waals surface area contributed by atoms with E-state index in [1.165, 1.54) is 37.1 Å². The Kier molecular flexibility index (Phi) is 5.60. The molecule has 2 aliphatic rings. The lowest BCUT2D eigenvalue weighted by Gasteiger charge is -2.29. The first-order valence-electron chi connectivity index (χ1n) is 10.2. The van der Waals surface area contributed by atoms with Gasteiger partial charge >= 0.3 is 0 Å². The van der Waals surface area contributed by atoms with Crippen LogP contribution in [-0.2, 0) is 9.84 Å². The highest BCUT2D eigenvalue weighted by Gasteiger charge is 2.22. The van der Waals surface area contributed by atoms with Crippen molar-refractivity contribution in [3.8, 4) is 11.1 Å². The van der Waals surface area contributed by atoms with Crippen molar-refractivity contribution in [3.05, 3.63) is 42.5 Å². The fourth-order valence-corrected chi connectivity index (χ4v) is 5.21. The Labute approximate surface area is 168 Å². The van der Waals surface area contributed by atoms with Crippen molar-refractivity contribution in [1.29, 1.82) is 0 Å². The van der Waals surface area contributed by atoms with Crippen molar-refractivity contribution < 1.29 is 13.7 Å². The summed E-state index contributed by atoms with van der Waals surface area (Å²) >= 11 is 0. The van der Waals surface area contributed by atoms with Gasteiger partial charge in [-0.1, -0.05) is 18.6 Å². The predicted octanol–water partition coefficient (Wildman–Crippen LogP) is 2.63. The molecule has 0 aromatic heterocycles. The molecule has 1 aliphatic heterocycles. The minimum atomic E-state index is -2.86. The summed E-state index contributed by atoms with van der Waals surface area (Å²) in [6.45, 7) is 2.31. The first-order valence-corrected chi connectivity index (χ1v) is 12.1. The third-order valence-electron chi connectivity index (χ3n) is 6.11. The van der Waals surface area contributed by atoms with Gasteiger partial charge < -0.3 is 15.5 Å². The first kappa shape index (κ1) is 19.3. The first-order chi connectivity index (χ1) is 13.5. The highest BCUT2D eigenvalue weighted by Crippen LogP contribution is 2.30. The molecule has 1 heterocycles. The van der Waals surface area contributed by atoms with E-state index in [-0.39, 0.29) is 11.5 Å². The van der Waals surface area contributed by atoms with Crippen molar-refractivity contribution in [2.24, 2.45) is 5.92 Å². The van der Waals surface area contributed by atoms with E-state index in [1.54, 1.807) is 0 Å². The van der Waals surface area contributed by atoms with Crippen LogP contribution in [0.2, 0.25) is 0 Å². The lowest BCUT2D eigenvalue weighted by Crippen LogP contribution is -2.80. The maximum Gasteiger partial charge on any atom is 0.153 e. The number of hydrogen-bond acceptors (Lipinski definition) is 4. The van der Waals surface area contributed by atoms with Crippen molar-refractivity contribution in [2.75, 3.05) is 48.4 Å². The quantitative estimate of drug-likeness (QED) is 0.732. The number of sulfone groups is 1. The maximum absolute atomic E-state index is 11.7. The molecular formula is C22H30N3O2S+. The Bertz CT molecular complexity index is 925. The van der Waals surface area contributed by atoms with E-state index in [9.17, 15) is 8.42 Å². The minimum Gasteiger partial charge on any atom is -0.383 e. The summed E-state index contributed by atoms with van der Waals surface area (Å²) in [6, 6.07) is 15.0. The van der Waals surface area contributed by atoms with Gasteiger partial charge in [-0.05, 0) is 48.2 Å². The second-order valence-corrected chi connectivity index (χ2v) is 10.3. The van der Waals surface area contributed by atoms with Gasteiger partial charge in [-0.25, -0.2) is 8.42 Å². The molecular weight excluding hydrogens is 370 g/mol. The van der Waals surface area contributed by atoms with Gasteiger partial charge in [-0.15, -0.1) is 0 Å². The molecule has 0 atom stereocenters. The molecule has 0 bridgehead atoms. The third kappa shape index (κ3) is 4.33. The summed E-state index contributed by atoms with van der Waals surface area (Å²) in [6.07, 6.45) is 4.12. The van der Waals surface area contributed by atoms with Gasteiger partial charge in [0.2, 0.25) is 0 Å². The summed E-state index contributed by atoms with van der Waals surface area (Å²) in [7, 11) is -0.886. The normalized spacial score (nSPS) is 19.2. The van der Waals surface area contributed by atoms with Gasteiger partial charge in [0.25, 0.3) is 0 Å². The van der Waals surface area contributed by atoms with Gasteiger partial charge in [0.1, 0.15) is 0 Å². The van der Waals surface area contributed by atoms with Crippen molar-refractivity contribution in [3.63, 3.8) is 0 Å². The zero-order valence-electron chi connectivity index (χ0n) is 16.5. The summed E-state index contributed by atoms with van der Waals surface area (Å²) in [4.78, 5) is 2.17. The fourth-order valence-electron chi connectivity index (χ4n) is 4.01. The molecule has 6 heteroatoms. The van der Waals surface area contributed by atoms with Crippen LogP contribution in [0.5, 0.6) is 0 Å². The number of anilines is 2. The van der Waals surface area contributed by atoms with Crippen LogP contribution in [0.4, 0.5) is 17.1 Å². The number of nitrogens with two attached hydrogens (primary N) is 1. The number of nitrogens with zero attached hydrogens (tertiary/aromatic N) is 1. The van der Waals surface area contributed by atoms with Crippen LogP contribution >= 0.6 is 0 Å². The molecule has 1 aliphatic carbocycles. The molecule has 0 radical (unpaired) electrons. The number of quaternary nitrogens is 1. The number of rotatable bonds is 6. The Hall–Kier alpha value is -2.05. The zero-order chi connectivity index (χ0) is 19.6. The highest BCUT2D eigenvalue weighted by molar-refractivity contribution is 7.91. The molecule has 4 rings (SSSR count). The molecule has 0 unspecified atom stereocenters. The molecule has 150 valence electrons. The lowest BCUT2D eigenvalue weighted by molar-refractivity contribution is -0.579. The smallest absolute Gasteiger partial charge is 0.153 e.